The summed E-state index contributed by atoms with van der Waals surface area (Å²) in [6.45, 7) is 2.24. The molecule has 1 aromatic rings. The van der Waals surface area contributed by atoms with Gasteiger partial charge in [-0.05, 0) is 31.2 Å². The summed E-state index contributed by atoms with van der Waals surface area (Å²) in [5, 5.41) is 3.52. The van der Waals surface area contributed by atoms with Gasteiger partial charge in [-0.2, -0.15) is 0 Å². The van der Waals surface area contributed by atoms with Gasteiger partial charge in [0.25, 0.3) is 0 Å². The minimum absolute atomic E-state index is 0.1000. The van der Waals surface area contributed by atoms with Gasteiger partial charge in [-0.25, -0.2) is 13.4 Å². The van der Waals surface area contributed by atoms with Crippen LogP contribution in [-0.2, 0) is 9.84 Å². The van der Waals surface area contributed by atoms with E-state index < -0.39 is 9.84 Å². The molecule has 142 valence electrons. The third kappa shape index (κ3) is 4.66. The molecule has 8 heteroatoms. The maximum absolute atomic E-state index is 11.6. The van der Waals surface area contributed by atoms with Crippen LogP contribution in [0.1, 0.15) is 25.7 Å². The van der Waals surface area contributed by atoms with Crippen LogP contribution in [0.2, 0.25) is 0 Å². The van der Waals surface area contributed by atoms with Crippen molar-refractivity contribution in [1.29, 1.82) is 0 Å². The normalized spacial score (nSPS) is 28.3. The van der Waals surface area contributed by atoms with Crippen LogP contribution >= 0.6 is 0 Å². The lowest BCUT2D eigenvalue weighted by atomic mass is 10.1. The molecule has 2 aliphatic heterocycles. The zero-order valence-corrected chi connectivity index (χ0v) is 15.7. The maximum atomic E-state index is 11.6. The molecule has 4 rings (SSSR count). The largest absolute Gasteiger partial charge is 0.472 e. The number of ether oxygens (including phenoxy) is 1. The predicted molar refractivity (Wildman–Crippen MR) is 100 cm³/mol. The minimum atomic E-state index is -2.85. The van der Waals surface area contributed by atoms with Crippen molar-refractivity contribution in [2.24, 2.45) is 10.9 Å². The first kappa shape index (κ1) is 17.6. The van der Waals surface area contributed by atoms with E-state index in [0.717, 1.165) is 31.9 Å². The SMILES string of the molecule is O=S1(=O)CCC(CN=C(NC2CC2)N2CCC(Oc3ccccn3)C2)C1. The van der Waals surface area contributed by atoms with Crippen molar-refractivity contribution in [3.63, 3.8) is 0 Å². The average molecular weight is 378 g/mol. The number of likely N-dealkylation sites (tertiary alicyclic amines) is 1. The fraction of sp³-hybridized carbons (Fsp3) is 0.667. The third-order valence-electron chi connectivity index (χ3n) is 5.11. The van der Waals surface area contributed by atoms with Crippen LogP contribution < -0.4 is 10.1 Å². The summed E-state index contributed by atoms with van der Waals surface area (Å²) in [5.41, 5.74) is 0. The molecule has 2 atom stereocenters. The Labute approximate surface area is 154 Å². The molecule has 2 unspecified atom stereocenters. The Morgan fingerprint density at radius 1 is 1.31 bits per heavy atom. The zero-order valence-electron chi connectivity index (χ0n) is 14.9. The number of aliphatic imine (C=N–C) groups is 1. The molecule has 1 N–H and O–H groups in total. The van der Waals surface area contributed by atoms with Gasteiger partial charge in [0.15, 0.2) is 15.8 Å². The number of guanidine groups is 1. The Hall–Kier alpha value is -1.83. The van der Waals surface area contributed by atoms with Crippen molar-refractivity contribution >= 4 is 15.8 Å². The van der Waals surface area contributed by atoms with Crippen LogP contribution in [-0.4, -0.2) is 67.5 Å². The van der Waals surface area contributed by atoms with Crippen molar-refractivity contribution in [3.8, 4) is 5.88 Å². The number of hydrogen-bond donors (Lipinski definition) is 1. The summed E-state index contributed by atoms with van der Waals surface area (Å²) in [4.78, 5) is 11.2. The van der Waals surface area contributed by atoms with Gasteiger partial charge in [0.05, 0.1) is 18.1 Å². The van der Waals surface area contributed by atoms with E-state index >= 15 is 0 Å². The molecule has 0 amide bonds. The number of rotatable bonds is 5. The Morgan fingerprint density at radius 3 is 2.88 bits per heavy atom. The lowest BCUT2D eigenvalue weighted by Crippen LogP contribution is -2.42. The summed E-state index contributed by atoms with van der Waals surface area (Å²) in [5.74, 6) is 2.30. The average Bonchev–Trinajstić information content (AvgIpc) is 3.21. The lowest BCUT2D eigenvalue weighted by molar-refractivity contribution is 0.205. The van der Waals surface area contributed by atoms with E-state index in [-0.39, 0.29) is 17.8 Å². The van der Waals surface area contributed by atoms with E-state index in [0.29, 0.717) is 24.2 Å². The summed E-state index contributed by atoms with van der Waals surface area (Å²) in [6, 6.07) is 6.19. The number of pyridine rings is 1. The van der Waals surface area contributed by atoms with Gasteiger partial charge in [0.2, 0.25) is 5.88 Å². The quantitative estimate of drug-likeness (QED) is 0.610. The summed E-state index contributed by atoms with van der Waals surface area (Å²) >= 11 is 0. The highest BCUT2D eigenvalue weighted by atomic mass is 32.2. The van der Waals surface area contributed by atoms with Crippen LogP contribution in [0.4, 0.5) is 0 Å². The molecule has 3 heterocycles. The van der Waals surface area contributed by atoms with Crippen LogP contribution in [0.15, 0.2) is 29.4 Å². The van der Waals surface area contributed by atoms with E-state index in [2.05, 4.69) is 15.2 Å². The summed E-state index contributed by atoms with van der Waals surface area (Å²) in [6.07, 6.45) is 5.85. The Kier molecular flexibility index (Phi) is 5.02. The first-order valence-electron chi connectivity index (χ1n) is 9.41. The third-order valence-corrected chi connectivity index (χ3v) is 6.94. The second kappa shape index (κ2) is 7.42. The van der Waals surface area contributed by atoms with E-state index in [1.807, 2.05) is 18.2 Å². The van der Waals surface area contributed by atoms with Gasteiger partial charge in [-0.1, -0.05) is 6.07 Å². The second-order valence-electron chi connectivity index (χ2n) is 7.49. The summed E-state index contributed by atoms with van der Waals surface area (Å²) in [7, 11) is -2.85. The van der Waals surface area contributed by atoms with Gasteiger partial charge < -0.3 is 15.0 Å². The van der Waals surface area contributed by atoms with E-state index in [9.17, 15) is 8.42 Å². The van der Waals surface area contributed by atoms with E-state index in [4.69, 9.17) is 9.73 Å². The minimum Gasteiger partial charge on any atom is -0.472 e. The molecule has 1 saturated carbocycles. The number of hydrogen-bond acceptors (Lipinski definition) is 5. The lowest BCUT2D eigenvalue weighted by Gasteiger charge is -2.22. The Morgan fingerprint density at radius 2 is 2.19 bits per heavy atom. The van der Waals surface area contributed by atoms with Crippen molar-refractivity contribution in [1.82, 2.24) is 15.2 Å². The van der Waals surface area contributed by atoms with Gasteiger partial charge in [0, 0.05) is 37.8 Å². The van der Waals surface area contributed by atoms with Crippen LogP contribution in [0, 0.1) is 5.92 Å². The number of nitrogens with one attached hydrogen (secondary N) is 1. The van der Waals surface area contributed by atoms with Gasteiger partial charge >= 0.3 is 0 Å². The zero-order chi connectivity index (χ0) is 18.0. The molecular weight excluding hydrogens is 352 g/mol. The van der Waals surface area contributed by atoms with Crippen molar-refractivity contribution < 1.29 is 13.2 Å². The highest BCUT2D eigenvalue weighted by molar-refractivity contribution is 7.91. The van der Waals surface area contributed by atoms with Crippen molar-refractivity contribution in [2.45, 2.75) is 37.8 Å². The van der Waals surface area contributed by atoms with Gasteiger partial charge in [-0.3, -0.25) is 4.99 Å². The van der Waals surface area contributed by atoms with E-state index in [1.54, 1.807) is 6.20 Å². The highest BCUT2D eigenvalue weighted by Gasteiger charge is 2.32. The first-order valence-corrected chi connectivity index (χ1v) is 11.2. The predicted octanol–water partition coefficient (Wildman–Crippen LogP) is 1.08. The molecule has 2 saturated heterocycles. The van der Waals surface area contributed by atoms with Crippen molar-refractivity contribution in [2.75, 3.05) is 31.1 Å². The molecule has 26 heavy (non-hydrogen) atoms. The molecule has 7 nitrogen and oxygen atoms in total. The molecule has 3 aliphatic rings. The van der Waals surface area contributed by atoms with Crippen LogP contribution in [0.25, 0.3) is 0 Å². The Bertz CT molecular complexity index is 749. The van der Waals surface area contributed by atoms with E-state index in [1.165, 1.54) is 12.8 Å². The number of nitrogens with zero attached hydrogens (tertiary/aromatic N) is 3. The molecule has 0 radical (unpaired) electrons. The van der Waals surface area contributed by atoms with Gasteiger partial charge in [-0.15, -0.1) is 0 Å². The smallest absolute Gasteiger partial charge is 0.213 e. The topological polar surface area (TPSA) is 83.9 Å². The molecule has 0 aromatic carbocycles. The Balaban J connectivity index is 1.36. The standard InChI is InChI=1S/C18H26N4O3S/c23-26(24)10-7-14(13-26)11-20-18(21-15-4-5-15)22-9-6-16(12-22)25-17-3-1-2-8-19-17/h1-3,8,14-16H,4-7,9-13H2,(H,20,21). The summed E-state index contributed by atoms with van der Waals surface area (Å²) < 4.78 is 29.3. The molecule has 0 spiro atoms. The van der Waals surface area contributed by atoms with Crippen molar-refractivity contribution in [3.05, 3.63) is 24.4 Å². The molecule has 1 aromatic heterocycles. The number of sulfone groups is 1. The monoisotopic (exact) mass is 378 g/mol. The molecule has 1 aliphatic carbocycles. The second-order valence-corrected chi connectivity index (χ2v) is 9.72. The van der Waals surface area contributed by atoms with Crippen LogP contribution in [0.5, 0.6) is 5.88 Å². The fourth-order valence-corrected chi connectivity index (χ4v) is 5.33. The first-order chi connectivity index (χ1) is 12.6. The number of aromatic nitrogens is 1. The molecular formula is C18H26N4O3S. The highest BCUT2D eigenvalue weighted by Crippen LogP contribution is 2.22. The van der Waals surface area contributed by atoms with Gasteiger partial charge in [0.1, 0.15) is 6.10 Å². The molecule has 3 fully saturated rings. The molecule has 0 bridgehead atoms. The van der Waals surface area contributed by atoms with Crippen LogP contribution in [0.3, 0.4) is 0 Å². The maximum Gasteiger partial charge on any atom is 0.213 e. The fourth-order valence-electron chi connectivity index (χ4n) is 3.48.